The van der Waals surface area contributed by atoms with Gasteiger partial charge in [-0.3, -0.25) is 14.5 Å². The third-order valence-electron chi connectivity index (χ3n) is 5.44. The molecule has 3 saturated heterocycles. The van der Waals surface area contributed by atoms with Crippen molar-refractivity contribution in [3.63, 3.8) is 0 Å². The second-order valence-electron chi connectivity index (χ2n) is 7.36. The van der Waals surface area contributed by atoms with Crippen LogP contribution in [0.3, 0.4) is 0 Å². The predicted octanol–water partition coefficient (Wildman–Crippen LogP) is 1.94. The van der Waals surface area contributed by atoms with E-state index in [9.17, 15) is 9.59 Å². The van der Waals surface area contributed by atoms with Gasteiger partial charge in [0.25, 0.3) is 0 Å². The maximum absolute atomic E-state index is 12.6. The van der Waals surface area contributed by atoms with Crippen LogP contribution in [0, 0.1) is 12.8 Å². The van der Waals surface area contributed by atoms with Crippen molar-refractivity contribution in [3.8, 4) is 0 Å². The van der Waals surface area contributed by atoms with Crippen molar-refractivity contribution in [3.05, 3.63) is 35.4 Å². The van der Waals surface area contributed by atoms with Crippen LogP contribution in [0.4, 0.5) is 0 Å². The Kier molecular flexibility index (Phi) is 5.74. The van der Waals surface area contributed by atoms with Crippen molar-refractivity contribution in [1.29, 1.82) is 0 Å². The molecule has 0 aromatic heterocycles. The minimum absolute atomic E-state index is 0.0408. The van der Waals surface area contributed by atoms with Gasteiger partial charge in [-0.1, -0.05) is 31.2 Å². The zero-order chi connectivity index (χ0) is 17.8. The van der Waals surface area contributed by atoms with E-state index in [1.165, 1.54) is 5.56 Å². The summed E-state index contributed by atoms with van der Waals surface area (Å²) in [5.41, 5.74) is 2.34. The number of aryl methyl sites for hydroxylation is 1. The topological polar surface area (TPSA) is 52.7 Å². The van der Waals surface area contributed by atoms with Crippen molar-refractivity contribution in [1.82, 2.24) is 15.1 Å². The van der Waals surface area contributed by atoms with E-state index in [2.05, 4.69) is 35.0 Å². The molecule has 3 aliphatic heterocycles. The highest BCUT2D eigenvalue weighted by atomic mass is 16.2. The Labute approximate surface area is 150 Å². The van der Waals surface area contributed by atoms with E-state index in [-0.39, 0.29) is 17.9 Å². The van der Waals surface area contributed by atoms with Gasteiger partial charge < -0.3 is 10.2 Å². The van der Waals surface area contributed by atoms with Gasteiger partial charge in [-0.2, -0.15) is 0 Å². The van der Waals surface area contributed by atoms with Crippen LogP contribution in [0.1, 0.15) is 37.3 Å². The number of nitrogens with zero attached hydrogens (tertiary/aromatic N) is 2. The largest absolute Gasteiger partial charge is 0.351 e. The molecular formula is C20H29N3O2. The molecule has 0 spiro atoms. The average molecular weight is 343 g/mol. The summed E-state index contributed by atoms with van der Waals surface area (Å²) in [6, 6.07) is 8.38. The predicted molar refractivity (Wildman–Crippen MR) is 98.0 cm³/mol. The zero-order valence-electron chi connectivity index (χ0n) is 15.3. The minimum Gasteiger partial charge on any atom is -0.351 e. The molecule has 25 heavy (non-hydrogen) atoms. The molecule has 3 heterocycles. The average Bonchev–Trinajstić information content (AvgIpc) is 2.86. The van der Waals surface area contributed by atoms with Crippen molar-refractivity contribution in [2.45, 2.75) is 45.7 Å². The molecular weight excluding hydrogens is 314 g/mol. The number of rotatable bonds is 6. The molecule has 3 fully saturated rings. The Balaban J connectivity index is 1.55. The number of hydrogen-bond donors (Lipinski definition) is 1. The SMILES string of the molecule is CCCN1C(=O)[C@H]2CC[C@@H]1CN(CC(=O)NCc1ccccc1C)C2. The number of amides is 2. The van der Waals surface area contributed by atoms with Gasteiger partial charge >= 0.3 is 0 Å². The lowest BCUT2D eigenvalue weighted by atomic mass is 9.94. The van der Waals surface area contributed by atoms with Crippen molar-refractivity contribution in [2.75, 3.05) is 26.2 Å². The molecule has 0 saturated carbocycles. The summed E-state index contributed by atoms with van der Waals surface area (Å²) in [6.07, 6.45) is 3.02. The third-order valence-corrected chi connectivity index (χ3v) is 5.44. The van der Waals surface area contributed by atoms with Crippen molar-refractivity contribution < 1.29 is 9.59 Å². The quantitative estimate of drug-likeness (QED) is 0.859. The van der Waals surface area contributed by atoms with Crippen LogP contribution in [-0.4, -0.2) is 53.8 Å². The lowest BCUT2D eigenvalue weighted by Crippen LogP contribution is -2.48. The first-order chi connectivity index (χ1) is 12.1. The van der Waals surface area contributed by atoms with E-state index in [4.69, 9.17) is 0 Å². The molecule has 1 aromatic carbocycles. The van der Waals surface area contributed by atoms with Gasteiger partial charge in [0.1, 0.15) is 0 Å². The van der Waals surface area contributed by atoms with Crippen LogP contribution in [0.15, 0.2) is 24.3 Å². The molecule has 0 unspecified atom stereocenters. The molecule has 5 nitrogen and oxygen atoms in total. The van der Waals surface area contributed by atoms with E-state index in [0.717, 1.165) is 37.9 Å². The summed E-state index contributed by atoms with van der Waals surface area (Å²) in [5, 5.41) is 3.03. The Bertz CT molecular complexity index is 631. The molecule has 2 atom stereocenters. The van der Waals surface area contributed by atoms with Gasteiger partial charge in [0.05, 0.1) is 12.5 Å². The summed E-state index contributed by atoms with van der Waals surface area (Å²) in [5.74, 6) is 0.398. The van der Waals surface area contributed by atoms with E-state index in [1.54, 1.807) is 0 Å². The lowest BCUT2D eigenvalue weighted by Gasteiger charge is -2.35. The summed E-state index contributed by atoms with van der Waals surface area (Å²) < 4.78 is 0. The maximum Gasteiger partial charge on any atom is 0.234 e. The molecule has 2 amide bonds. The highest BCUT2D eigenvalue weighted by Crippen LogP contribution is 2.29. The van der Waals surface area contributed by atoms with Gasteiger partial charge in [-0.15, -0.1) is 0 Å². The first-order valence-electron chi connectivity index (χ1n) is 9.42. The Morgan fingerprint density at radius 2 is 2.04 bits per heavy atom. The van der Waals surface area contributed by atoms with E-state index in [1.807, 2.05) is 18.2 Å². The minimum atomic E-state index is 0.0408. The van der Waals surface area contributed by atoms with Crippen LogP contribution >= 0.6 is 0 Å². The smallest absolute Gasteiger partial charge is 0.234 e. The molecule has 136 valence electrons. The molecule has 3 aliphatic rings. The second-order valence-corrected chi connectivity index (χ2v) is 7.36. The molecule has 0 radical (unpaired) electrons. The number of nitrogens with one attached hydrogen (secondary N) is 1. The van der Waals surface area contributed by atoms with Gasteiger partial charge in [0.15, 0.2) is 0 Å². The van der Waals surface area contributed by atoms with Crippen LogP contribution in [0.5, 0.6) is 0 Å². The molecule has 5 heteroatoms. The van der Waals surface area contributed by atoms with Crippen LogP contribution in [0.2, 0.25) is 0 Å². The Hall–Kier alpha value is -1.88. The summed E-state index contributed by atoms with van der Waals surface area (Å²) in [4.78, 5) is 29.2. The van der Waals surface area contributed by atoms with Crippen molar-refractivity contribution in [2.24, 2.45) is 5.92 Å². The van der Waals surface area contributed by atoms with Crippen LogP contribution in [0.25, 0.3) is 0 Å². The highest BCUT2D eigenvalue weighted by molar-refractivity contribution is 5.81. The molecule has 0 aliphatic carbocycles. The number of carbonyl (C=O) groups excluding carboxylic acids is 2. The standard InChI is InChI=1S/C20H29N3O2/c1-3-10-23-18-9-8-17(20(23)25)12-22(13-18)14-19(24)21-11-16-7-5-4-6-15(16)2/h4-7,17-18H,3,8-14H2,1-2H3,(H,21,24)/t17-,18+/m0/s1. The number of piperidine rings is 1. The highest BCUT2D eigenvalue weighted by Gasteiger charge is 2.40. The number of hydrogen-bond acceptors (Lipinski definition) is 3. The molecule has 2 bridgehead atoms. The number of carbonyl (C=O) groups is 2. The lowest BCUT2D eigenvalue weighted by molar-refractivity contribution is -0.140. The number of benzene rings is 1. The van der Waals surface area contributed by atoms with Gasteiger partial charge in [0, 0.05) is 32.2 Å². The first kappa shape index (κ1) is 17.9. The van der Waals surface area contributed by atoms with Gasteiger partial charge in [-0.05, 0) is 37.3 Å². The van der Waals surface area contributed by atoms with E-state index >= 15 is 0 Å². The van der Waals surface area contributed by atoms with E-state index < -0.39 is 0 Å². The zero-order valence-corrected chi connectivity index (χ0v) is 15.3. The molecule has 4 rings (SSSR count). The second kappa shape index (κ2) is 8.00. The molecule has 1 aromatic rings. The monoisotopic (exact) mass is 343 g/mol. The first-order valence-corrected chi connectivity index (χ1v) is 9.42. The normalized spacial score (nSPS) is 23.6. The number of fused-ring (bicyclic) bond motifs is 4. The van der Waals surface area contributed by atoms with Crippen molar-refractivity contribution >= 4 is 11.8 Å². The summed E-state index contributed by atoms with van der Waals surface area (Å²) in [6.45, 7) is 7.49. The fraction of sp³-hybridized carbons (Fsp3) is 0.600. The van der Waals surface area contributed by atoms with E-state index in [0.29, 0.717) is 25.5 Å². The van der Waals surface area contributed by atoms with Gasteiger partial charge in [-0.25, -0.2) is 0 Å². The Morgan fingerprint density at radius 3 is 2.80 bits per heavy atom. The summed E-state index contributed by atoms with van der Waals surface area (Å²) in [7, 11) is 0. The van der Waals surface area contributed by atoms with Crippen LogP contribution in [-0.2, 0) is 16.1 Å². The fourth-order valence-corrected chi connectivity index (χ4v) is 4.05. The Morgan fingerprint density at radius 1 is 1.24 bits per heavy atom. The third kappa shape index (κ3) is 4.21. The molecule has 1 N–H and O–H groups in total. The maximum atomic E-state index is 12.6. The van der Waals surface area contributed by atoms with Gasteiger partial charge in [0.2, 0.25) is 11.8 Å². The summed E-state index contributed by atoms with van der Waals surface area (Å²) >= 11 is 0. The fourth-order valence-electron chi connectivity index (χ4n) is 4.05. The van der Waals surface area contributed by atoms with Crippen LogP contribution < -0.4 is 5.32 Å².